The van der Waals surface area contributed by atoms with Gasteiger partial charge in [-0.05, 0) is 19.3 Å². The topological polar surface area (TPSA) is 305 Å². The summed E-state index contributed by atoms with van der Waals surface area (Å²) in [5, 5.41) is 59.1. The van der Waals surface area contributed by atoms with E-state index in [1.165, 1.54) is 32.1 Å². The molecule has 3 rings (SSSR count). The maximum Gasteiger partial charge on any atom is 0.303 e. The van der Waals surface area contributed by atoms with Crippen LogP contribution in [0, 0.1) is 0 Å². The number of carboxylic acids is 1. The van der Waals surface area contributed by atoms with Gasteiger partial charge in [0.1, 0.15) is 36.6 Å². The molecule has 0 radical (unpaired) electrons. The van der Waals surface area contributed by atoms with Crippen molar-refractivity contribution in [2.24, 2.45) is 28.7 Å². The highest BCUT2D eigenvalue weighted by atomic mass is 16.7. The fourth-order valence-electron chi connectivity index (χ4n) is 5.66. The molecule has 2 saturated heterocycles. The minimum absolute atomic E-state index is 0.0542. The molecule has 1 aliphatic carbocycles. The van der Waals surface area contributed by atoms with Crippen molar-refractivity contribution in [3.05, 3.63) is 0 Å². The third kappa shape index (κ3) is 11.3. The monoisotopic (exact) mass is 639 g/mol. The summed E-state index contributed by atoms with van der Waals surface area (Å²) in [7, 11) is 0. The molecule has 3 aliphatic rings. The van der Waals surface area contributed by atoms with Crippen LogP contribution in [0.1, 0.15) is 71.1 Å². The smallest absolute Gasteiger partial charge is 0.303 e. The first-order valence-corrected chi connectivity index (χ1v) is 15.7. The maximum absolute atomic E-state index is 11.0. The summed E-state index contributed by atoms with van der Waals surface area (Å²) in [6.07, 6.45) is -2.12. The van der Waals surface area contributed by atoms with Gasteiger partial charge in [0.05, 0.1) is 30.9 Å². The predicted molar refractivity (Wildman–Crippen MR) is 159 cm³/mol. The summed E-state index contributed by atoms with van der Waals surface area (Å²) in [6, 6.07) is -3.27. The molecule has 2 heterocycles. The van der Waals surface area contributed by atoms with Crippen molar-refractivity contribution in [3.63, 3.8) is 0 Å². The first kappa shape index (κ1) is 39.1. The lowest BCUT2D eigenvalue weighted by Gasteiger charge is -2.47. The summed E-state index contributed by atoms with van der Waals surface area (Å²) in [5.74, 6) is -0.663. The van der Waals surface area contributed by atoms with E-state index in [0.717, 1.165) is 12.8 Å². The van der Waals surface area contributed by atoms with Crippen molar-refractivity contribution in [1.82, 2.24) is 0 Å². The Hall–Kier alpha value is -1.09. The molecular weight excluding hydrogens is 582 g/mol. The number of carboxylic acid groups (broad SMARTS) is 1. The molecule has 16 N–H and O–H groups in total. The second kappa shape index (κ2) is 19.5. The average molecular weight is 640 g/mol. The van der Waals surface area contributed by atoms with E-state index in [9.17, 15) is 30.3 Å². The maximum atomic E-state index is 11.0. The minimum Gasteiger partial charge on any atom is -0.481 e. The number of ether oxygens (including phenoxy) is 4. The average Bonchev–Trinajstić information content (AvgIpc) is 2.98. The molecule has 260 valence electrons. The molecule has 44 heavy (non-hydrogen) atoms. The van der Waals surface area contributed by atoms with Gasteiger partial charge in [-0.2, -0.15) is 0 Å². The molecule has 0 aromatic carbocycles. The third-order valence-electron chi connectivity index (χ3n) is 8.41. The highest BCUT2D eigenvalue weighted by Crippen LogP contribution is 2.30. The Kier molecular flexibility index (Phi) is 17.4. The Labute approximate surface area is 259 Å². The Morgan fingerprint density at radius 1 is 0.750 bits per heavy atom. The first-order chi connectivity index (χ1) is 20.9. The molecular formula is C28H57N5O11. The van der Waals surface area contributed by atoms with Crippen LogP contribution in [0.3, 0.4) is 0 Å². The first-order valence-electron chi connectivity index (χ1n) is 15.7. The molecule has 3 fully saturated rings. The van der Waals surface area contributed by atoms with E-state index in [-0.39, 0.29) is 19.4 Å². The van der Waals surface area contributed by atoms with E-state index in [4.69, 9.17) is 52.7 Å². The SMILES string of the molecule is CCCCCCCCCC(=O)O.NC[C@H]1O[C@H](O[C@H]2[C@H](O)[C@@H](O[C@H]3O[C@H](CO)[C@@H](O)[C@H](N)[C@H]3O)[C@H](N)C[C@@H]2N)[C@H](N)C[C@@H]1O. The van der Waals surface area contributed by atoms with Crippen molar-refractivity contribution < 1.29 is 54.4 Å². The van der Waals surface area contributed by atoms with E-state index >= 15 is 0 Å². The van der Waals surface area contributed by atoms with Gasteiger partial charge in [0.2, 0.25) is 0 Å². The lowest BCUT2D eigenvalue weighted by Crippen LogP contribution is -2.68. The number of aliphatic hydroxyl groups is 5. The normalized spacial score (nSPS) is 41.1. The summed E-state index contributed by atoms with van der Waals surface area (Å²) in [4.78, 5) is 10.1. The molecule has 16 heteroatoms. The predicted octanol–water partition coefficient (Wildman–Crippen LogP) is -3.08. The van der Waals surface area contributed by atoms with Gasteiger partial charge in [-0.25, -0.2) is 0 Å². The number of unbranched alkanes of at least 4 members (excludes halogenated alkanes) is 6. The van der Waals surface area contributed by atoms with E-state index in [0.29, 0.717) is 6.42 Å². The molecule has 0 spiro atoms. The zero-order valence-electron chi connectivity index (χ0n) is 25.7. The van der Waals surface area contributed by atoms with Crippen LogP contribution in [-0.4, -0.2) is 135 Å². The Balaban J connectivity index is 0.000000477. The van der Waals surface area contributed by atoms with Crippen LogP contribution in [0.4, 0.5) is 0 Å². The fourth-order valence-corrected chi connectivity index (χ4v) is 5.66. The number of rotatable bonds is 14. The molecule has 0 unspecified atom stereocenters. The summed E-state index contributed by atoms with van der Waals surface area (Å²) in [6.45, 7) is 1.70. The quantitative estimate of drug-likeness (QED) is 0.0839. The van der Waals surface area contributed by atoms with Gasteiger partial charge in [-0.1, -0.05) is 45.4 Å². The fraction of sp³-hybridized carbons (Fsp3) is 0.964. The van der Waals surface area contributed by atoms with Crippen LogP contribution >= 0.6 is 0 Å². The van der Waals surface area contributed by atoms with E-state index in [1.807, 2.05) is 0 Å². The zero-order valence-corrected chi connectivity index (χ0v) is 25.7. The van der Waals surface area contributed by atoms with Crippen LogP contribution in [-0.2, 0) is 23.7 Å². The third-order valence-corrected chi connectivity index (χ3v) is 8.41. The standard InChI is InChI=1S/C18H37N5O9.C10H20O2/c19-3-9-8(25)2-7(22)17(29-9)31-15-5(20)1-6(21)16(14(15)28)32-18-13(27)11(23)12(26)10(4-24)30-18;1-2-3-4-5-6-7-8-9-10(11)12/h5-18,24-28H,1-4,19-23H2;2-9H2,1H3,(H,11,12)/t5-,6+,7+,8-,9+,10+,11-,12+,13+,14-,15+,16-,17+,18+;/m0./s1. The van der Waals surface area contributed by atoms with E-state index in [2.05, 4.69) is 6.92 Å². The van der Waals surface area contributed by atoms with Crippen molar-refractivity contribution in [1.29, 1.82) is 0 Å². The van der Waals surface area contributed by atoms with Gasteiger partial charge in [-0.15, -0.1) is 0 Å². The second-order valence-corrected chi connectivity index (χ2v) is 12.1. The van der Waals surface area contributed by atoms with Crippen LogP contribution < -0.4 is 28.7 Å². The summed E-state index contributed by atoms with van der Waals surface area (Å²) < 4.78 is 22.7. The molecule has 2 aliphatic heterocycles. The molecule has 0 aromatic heterocycles. The van der Waals surface area contributed by atoms with Crippen molar-refractivity contribution in [3.8, 4) is 0 Å². The molecule has 0 amide bonds. The van der Waals surface area contributed by atoms with Gasteiger partial charge in [0.25, 0.3) is 0 Å². The minimum atomic E-state index is -1.44. The second-order valence-electron chi connectivity index (χ2n) is 12.1. The van der Waals surface area contributed by atoms with Crippen LogP contribution in [0.5, 0.6) is 0 Å². The van der Waals surface area contributed by atoms with Gasteiger partial charge < -0.3 is 78.3 Å². The number of hydrogen-bond donors (Lipinski definition) is 11. The van der Waals surface area contributed by atoms with Gasteiger partial charge >= 0.3 is 5.97 Å². The van der Waals surface area contributed by atoms with Crippen molar-refractivity contribution in [2.45, 2.75) is 157 Å². The molecule has 14 atom stereocenters. The highest BCUT2D eigenvalue weighted by molar-refractivity contribution is 5.66. The number of nitrogens with two attached hydrogens (primary N) is 5. The molecule has 16 nitrogen and oxygen atoms in total. The van der Waals surface area contributed by atoms with Gasteiger partial charge in [0, 0.05) is 25.0 Å². The van der Waals surface area contributed by atoms with Crippen LogP contribution in [0.15, 0.2) is 0 Å². The largest absolute Gasteiger partial charge is 0.481 e. The van der Waals surface area contributed by atoms with Crippen LogP contribution in [0.25, 0.3) is 0 Å². The Morgan fingerprint density at radius 2 is 1.30 bits per heavy atom. The highest BCUT2D eigenvalue weighted by Gasteiger charge is 2.50. The lowest BCUT2D eigenvalue weighted by atomic mass is 9.84. The van der Waals surface area contributed by atoms with E-state index < -0.39 is 98.2 Å². The van der Waals surface area contributed by atoms with Crippen LogP contribution in [0.2, 0.25) is 0 Å². The van der Waals surface area contributed by atoms with Crippen molar-refractivity contribution >= 4 is 5.97 Å². The van der Waals surface area contributed by atoms with Gasteiger partial charge in [-0.3, -0.25) is 4.79 Å². The molecule has 0 aromatic rings. The van der Waals surface area contributed by atoms with E-state index in [1.54, 1.807) is 0 Å². The number of aliphatic carboxylic acids is 1. The molecule has 1 saturated carbocycles. The zero-order chi connectivity index (χ0) is 33.0. The number of carbonyl (C=O) groups is 1. The summed E-state index contributed by atoms with van der Waals surface area (Å²) >= 11 is 0. The van der Waals surface area contributed by atoms with Gasteiger partial charge in [0.15, 0.2) is 12.6 Å². The number of aliphatic hydroxyl groups excluding tert-OH is 5. The van der Waals surface area contributed by atoms with Crippen molar-refractivity contribution in [2.75, 3.05) is 13.2 Å². The summed E-state index contributed by atoms with van der Waals surface area (Å²) in [5.41, 5.74) is 29.8. The molecule has 0 bridgehead atoms. The Morgan fingerprint density at radius 3 is 1.84 bits per heavy atom. The number of hydrogen-bond acceptors (Lipinski definition) is 15. The lowest BCUT2D eigenvalue weighted by molar-refractivity contribution is -0.314. The Bertz CT molecular complexity index is 818.